The third-order valence-electron chi connectivity index (χ3n) is 6.25. The fourth-order valence-corrected chi connectivity index (χ4v) is 4.28. The summed E-state index contributed by atoms with van der Waals surface area (Å²) in [5, 5.41) is 7.59. The number of carbonyl (C=O) groups is 4. The van der Waals surface area contributed by atoms with Gasteiger partial charge in [0.15, 0.2) is 0 Å². The second-order valence-corrected chi connectivity index (χ2v) is 10.2. The summed E-state index contributed by atoms with van der Waals surface area (Å²) in [4.78, 5) is 60.0. The Morgan fingerprint density at radius 3 is 2.28 bits per heavy atom. The predicted molar refractivity (Wildman–Crippen MR) is 150 cm³/mol. The number of ether oxygens (including phenoxy) is 1. The molecule has 0 aliphatic heterocycles. The van der Waals surface area contributed by atoms with Crippen LogP contribution in [0, 0.1) is 5.92 Å². The molecule has 43 heavy (non-hydrogen) atoms. The van der Waals surface area contributed by atoms with Crippen molar-refractivity contribution >= 4 is 35.1 Å². The highest BCUT2D eigenvalue weighted by Gasteiger charge is 2.45. The SMILES string of the molecule is COc1cccc([C@H](NC(=O)[C@H](Cc2cccc(Cl)c2)NC(=O)c2cnccn2)C(=O)N[C@H](C(=O)C(F)(F)F)C(C)C)c1. The molecule has 0 saturated carbocycles. The smallest absolute Gasteiger partial charge is 0.452 e. The minimum Gasteiger partial charge on any atom is -0.497 e. The molecule has 10 nitrogen and oxygen atoms in total. The fraction of sp³-hybridized carbons (Fsp3) is 0.310. The molecule has 3 amide bonds. The number of hydrogen-bond acceptors (Lipinski definition) is 7. The van der Waals surface area contributed by atoms with Crippen molar-refractivity contribution in [2.75, 3.05) is 7.11 Å². The normalized spacial score (nSPS) is 13.4. The van der Waals surface area contributed by atoms with E-state index in [-0.39, 0.29) is 17.7 Å². The molecule has 0 bridgehead atoms. The molecule has 0 fully saturated rings. The molecule has 0 spiro atoms. The predicted octanol–water partition coefficient (Wildman–Crippen LogP) is 3.61. The molecule has 0 radical (unpaired) electrons. The first-order valence-corrected chi connectivity index (χ1v) is 13.3. The van der Waals surface area contributed by atoms with Crippen LogP contribution in [0.15, 0.2) is 67.1 Å². The van der Waals surface area contributed by atoms with Crippen molar-refractivity contribution < 1.29 is 37.1 Å². The summed E-state index contributed by atoms with van der Waals surface area (Å²) in [5.41, 5.74) is 0.623. The van der Waals surface area contributed by atoms with E-state index in [2.05, 4.69) is 25.9 Å². The Morgan fingerprint density at radius 1 is 0.953 bits per heavy atom. The van der Waals surface area contributed by atoms with Crippen LogP contribution in [-0.2, 0) is 20.8 Å². The molecule has 3 aromatic rings. The number of nitrogens with zero attached hydrogens (tertiary/aromatic N) is 2. The average molecular weight is 620 g/mol. The number of Topliss-reactive ketones (excluding diaryl/α,β-unsaturated/α-hetero) is 1. The van der Waals surface area contributed by atoms with Crippen LogP contribution in [-0.4, -0.2) is 58.8 Å². The third kappa shape index (κ3) is 9.23. The zero-order valence-corrected chi connectivity index (χ0v) is 24.1. The molecule has 228 valence electrons. The number of halogens is 4. The fourth-order valence-electron chi connectivity index (χ4n) is 4.07. The van der Waals surface area contributed by atoms with E-state index in [9.17, 15) is 32.3 Å². The van der Waals surface area contributed by atoms with Crippen LogP contribution in [0.2, 0.25) is 5.02 Å². The Bertz CT molecular complexity index is 1460. The van der Waals surface area contributed by atoms with Crippen molar-refractivity contribution in [1.82, 2.24) is 25.9 Å². The maximum atomic E-state index is 13.7. The van der Waals surface area contributed by atoms with E-state index in [1.165, 1.54) is 57.7 Å². The Balaban J connectivity index is 1.97. The Morgan fingerprint density at radius 2 is 1.67 bits per heavy atom. The first-order chi connectivity index (χ1) is 20.3. The summed E-state index contributed by atoms with van der Waals surface area (Å²) in [6.07, 6.45) is -1.44. The van der Waals surface area contributed by atoms with Crippen molar-refractivity contribution in [3.8, 4) is 5.75 Å². The van der Waals surface area contributed by atoms with Crippen LogP contribution < -0.4 is 20.7 Å². The maximum Gasteiger partial charge on any atom is 0.452 e. The number of methoxy groups -OCH3 is 1. The summed E-state index contributed by atoms with van der Waals surface area (Å²) in [5.74, 6) is -5.46. The van der Waals surface area contributed by atoms with Gasteiger partial charge in [-0.3, -0.25) is 24.2 Å². The maximum absolute atomic E-state index is 13.7. The molecule has 0 unspecified atom stereocenters. The summed E-state index contributed by atoms with van der Waals surface area (Å²) in [6.45, 7) is 2.69. The number of benzene rings is 2. The van der Waals surface area contributed by atoms with Gasteiger partial charge in [0.25, 0.3) is 11.7 Å². The minimum atomic E-state index is -5.20. The standard InChI is InChI=1S/C29H29ClF3N5O5/c1-16(2)23(25(39)29(31,32)33)37-28(42)24(18-7-5-9-20(14-18)43-3)38-26(40)21(13-17-6-4-8-19(30)12-17)36-27(41)22-15-34-10-11-35-22/h4-12,14-16,21,23-24H,13H2,1-3H3,(H,36,41)(H,37,42)(H,38,40)/t21-,23-,24-/m0/s1. The third-order valence-corrected chi connectivity index (χ3v) is 6.48. The van der Waals surface area contributed by atoms with Crippen molar-refractivity contribution in [3.63, 3.8) is 0 Å². The van der Waals surface area contributed by atoms with Crippen LogP contribution in [0.25, 0.3) is 0 Å². The quantitative estimate of drug-likeness (QED) is 0.281. The summed E-state index contributed by atoms with van der Waals surface area (Å²) < 4.78 is 45.1. The lowest BCUT2D eigenvalue weighted by Crippen LogP contribution is -2.55. The lowest BCUT2D eigenvalue weighted by molar-refractivity contribution is -0.175. The van der Waals surface area contributed by atoms with E-state index < -0.39 is 53.7 Å². The number of alkyl halides is 3. The number of hydrogen-bond donors (Lipinski definition) is 3. The highest BCUT2D eigenvalue weighted by Crippen LogP contribution is 2.24. The number of carbonyl (C=O) groups excluding carboxylic acids is 4. The minimum absolute atomic E-state index is 0.0774. The monoisotopic (exact) mass is 619 g/mol. The highest BCUT2D eigenvalue weighted by molar-refractivity contribution is 6.30. The van der Waals surface area contributed by atoms with E-state index in [4.69, 9.17) is 16.3 Å². The van der Waals surface area contributed by atoms with Gasteiger partial charge in [-0.05, 0) is 41.3 Å². The zero-order chi connectivity index (χ0) is 31.7. The van der Waals surface area contributed by atoms with Crippen molar-refractivity contribution in [1.29, 1.82) is 0 Å². The van der Waals surface area contributed by atoms with Crippen molar-refractivity contribution in [2.45, 2.75) is 44.6 Å². The van der Waals surface area contributed by atoms with Crippen molar-refractivity contribution in [2.24, 2.45) is 5.92 Å². The molecule has 0 aliphatic carbocycles. The molecule has 3 atom stereocenters. The van der Waals surface area contributed by atoms with E-state index >= 15 is 0 Å². The van der Waals surface area contributed by atoms with Crippen LogP contribution in [0.3, 0.4) is 0 Å². The van der Waals surface area contributed by atoms with Gasteiger partial charge in [0, 0.05) is 23.8 Å². The topological polar surface area (TPSA) is 139 Å². The average Bonchev–Trinajstić information content (AvgIpc) is 2.97. The number of aromatic nitrogens is 2. The number of ketones is 1. The lowest BCUT2D eigenvalue weighted by Gasteiger charge is -2.27. The first kappa shape index (κ1) is 33.0. The molecular formula is C29H29ClF3N5O5. The van der Waals surface area contributed by atoms with Gasteiger partial charge in [0.05, 0.1) is 19.3 Å². The highest BCUT2D eigenvalue weighted by atomic mass is 35.5. The second kappa shape index (κ2) is 14.6. The number of rotatable bonds is 12. The number of amides is 3. The van der Waals surface area contributed by atoms with Gasteiger partial charge < -0.3 is 20.7 Å². The second-order valence-electron chi connectivity index (χ2n) is 9.76. The summed E-state index contributed by atoms with van der Waals surface area (Å²) in [7, 11) is 1.37. The molecular weight excluding hydrogens is 591 g/mol. The van der Waals surface area contributed by atoms with Crippen molar-refractivity contribution in [3.05, 3.63) is 89.0 Å². The van der Waals surface area contributed by atoms with Gasteiger partial charge >= 0.3 is 6.18 Å². The van der Waals surface area contributed by atoms with E-state index in [0.29, 0.717) is 16.3 Å². The van der Waals surface area contributed by atoms with Crippen LogP contribution in [0.1, 0.15) is 41.5 Å². The molecule has 3 rings (SSSR count). The van der Waals surface area contributed by atoms with E-state index in [0.717, 1.165) is 0 Å². The molecule has 0 aliphatic rings. The van der Waals surface area contributed by atoms with Gasteiger partial charge in [-0.15, -0.1) is 0 Å². The lowest BCUT2D eigenvalue weighted by atomic mass is 9.97. The van der Waals surface area contributed by atoms with Gasteiger partial charge in [-0.2, -0.15) is 13.2 Å². The molecule has 3 N–H and O–H groups in total. The van der Waals surface area contributed by atoms with Gasteiger partial charge in [-0.25, -0.2) is 4.98 Å². The molecule has 14 heteroatoms. The van der Waals surface area contributed by atoms with Crippen LogP contribution in [0.5, 0.6) is 5.75 Å². The summed E-state index contributed by atoms with van der Waals surface area (Å²) >= 11 is 6.10. The van der Waals surface area contributed by atoms with Gasteiger partial charge in [0.2, 0.25) is 11.8 Å². The van der Waals surface area contributed by atoms with Gasteiger partial charge in [-0.1, -0.05) is 49.7 Å². The van der Waals surface area contributed by atoms with Crippen LogP contribution >= 0.6 is 11.6 Å². The van der Waals surface area contributed by atoms with Crippen LogP contribution in [0.4, 0.5) is 13.2 Å². The Kier molecular flexibility index (Phi) is 11.2. The molecule has 2 aromatic carbocycles. The Hall–Kier alpha value is -4.52. The zero-order valence-electron chi connectivity index (χ0n) is 23.3. The first-order valence-electron chi connectivity index (χ1n) is 13.0. The van der Waals surface area contributed by atoms with E-state index in [1.54, 1.807) is 30.3 Å². The van der Waals surface area contributed by atoms with Gasteiger partial charge in [0.1, 0.15) is 23.5 Å². The largest absolute Gasteiger partial charge is 0.497 e. The Labute approximate surface area is 250 Å². The summed E-state index contributed by atoms with van der Waals surface area (Å²) in [6, 6.07) is 7.65. The van der Waals surface area contributed by atoms with E-state index in [1.807, 2.05) is 0 Å². The molecule has 1 aromatic heterocycles. The number of nitrogens with one attached hydrogen (secondary N) is 3. The molecule has 1 heterocycles. The molecule has 0 saturated heterocycles.